The van der Waals surface area contributed by atoms with Crippen molar-refractivity contribution in [2.75, 3.05) is 5.32 Å². The summed E-state index contributed by atoms with van der Waals surface area (Å²) in [5.74, 6) is -2.69. The molecule has 3 aromatic rings. The minimum atomic E-state index is -1.19. The van der Waals surface area contributed by atoms with E-state index < -0.39 is 29.7 Å². The maximum Gasteiger partial charge on any atom is 0.337 e. The Morgan fingerprint density at radius 1 is 0.938 bits per heavy atom. The molecule has 0 unspecified atom stereocenters. The van der Waals surface area contributed by atoms with Gasteiger partial charge in [0.2, 0.25) is 0 Å². The number of nitrogens with one attached hydrogen (secondary N) is 1. The fourth-order valence-corrected chi connectivity index (χ4v) is 3.99. The highest BCUT2D eigenvalue weighted by atomic mass is 79.9. The summed E-state index contributed by atoms with van der Waals surface area (Å²) in [7, 11) is 0. The molecule has 3 aromatic carbocycles. The molecule has 160 valence electrons. The largest absolute Gasteiger partial charge is 0.478 e. The van der Waals surface area contributed by atoms with E-state index in [-0.39, 0.29) is 27.9 Å². The number of rotatable bonds is 5. The zero-order chi connectivity index (χ0) is 23.0. The van der Waals surface area contributed by atoms with Gasteiger partial charge in [-0.05, 0) is 48.9 Å². The van der Waals surface area contributed by atoms with Crippen molar-refractivity contribution in [3.63, 3.8) is 0 Å². The number of hydrogen-bond donors (Lipinski definition) is 2. The van der Waals surface area contributed by atoms with Crippen molar-refractivity contribution < 1.29 is 24.3 Å². The summed E-state index contributed by atoms with van der Waals surface area (Å²) in [5.41, 5.74) is 1.36. The van der Waals surface area contributed by atoms with Gasteiger partial charge in [0.1, 0.15) is 0 Å². The summed E-state index contributed by atoms with van der Waals surface area (Å²) < 4.78 is 0.558. The summed E-state index contributed by atoms with van der Waals surface area (Å²) in [6, 6.07) is 17.4. The molecule has 7 nitrogen and oxygen atoms in total. The van der Waals surface area contributed by atoms with E-state index in [0.29, 0.717) is 4.47 Å². The van der Waals surface area contributed by atoms with Crippen LogP contribution in [0.1, 0.15) is 60.0 Å². The number of amides is 3. The Kier molecular flexibility index (Phi) is 5.63. The number of fused-ring (bicyclic) bond motifs is 1. The summed E-state index contributed by atoms with van der Waals surface area (Å²) in [5, 5.41) is 11.9. The first-order chi connectivity index (χ1) is 15.3. The molecule has 0 fully saturated rings. The Morgan fingerprint density at radius 2 is 1.62 bits per heavy atom. The van der Waals surface area contributed by atoms with E-state index in [0.717, 1.165) is 5.56 Å². The van der Waals surface area contributed by atoms with Gasteiger partial charge in [-0.1, -0.05) is 46.3 Å². The lowest BCUT2D eigenvalue weighted by Crippen LogP contribution is -2.32. The molecule has 0 saturated carbocycles. The highest BCUT2D eigenvalue weighted by Crippen LogP contribution is 2.32. The highest BCUT2D eigenvalue weighted by Gasteiger charge is 2.39. The molecular formula is C24H17BrN2O5. The first-order valence-corrected chi connectivity index (χ1v) is 10.5. The van der Waals surface area contributed by atoms with Gasteiger partial charge in [0.25, 0.3) is 17.7 Å². The second kappa shape index (κ2) is 8.39. The zero-order valence-electron chi connectivity index (χ0n) is 16.8. The number of carboxylic acids is 1. The van der Waals surface area contributed by atoms with Gasteiger partial charge < -0.3 is 10.4 Å². The SMILES string of the molecule is C[C@H](c1ccccc1)N1C(=O)c2ccc(C(=O)Nc3ccc(Br)cc3C(=O)O)cc2C1=O. The number of benzene rings is 3. The van der Waals surface area contributed by atoms with E-state index in [1.54, 1.807) is 13.0 Å². The van der Waals surface area contributed by atoms with Crippen molar-refractivity contribution in [2.45, 2.75) is 13.0 Å². The van der Waals surface area contributed by atoms with Crippen LogP contribution in [0.2, 0.25) is 0 Å². The second-order valence-electron chi connectivity index (χ2n) is 7.28. The predicted octanol–water partition coefficient (Wildman–Crippen LogP) is 4.76. The normalized spacial score (nSPS) is 13.6. The number of carboxylic acid groups (broad SMARTS) is 1. The van der Waals surface area contributed by atoms with E-state index in [1.807, 2.05) is 30.3 Å². The van der Waals surface area contributed by atoms with Gasteiger partial charge in [-0.15, -0.1) is 0 Å². The first kappa shape index (κ1) is 21.5. The quantitative estimate of drug-likeness (QED) is 0.499. The standard InChI is InChI=1S/C24H17BrN2O5/c1-13(14-5-3-2-4-6-14)27-22(29)17-9-7-15(11-18(17)23(27)30)21(28)26-20-10-8-16(25)12-19(20)24(31)32/h2-13H,1H3,(H,26,28)(H,31,32)/t13-/m1/s1. The van der Waals surface area contributed by atoms with Crippen LogP contribution < -0.4 is 5.32 Å². The van der Waals surface area contributed by atoms with E-state index in [2.05, 4.69) is 21.2 Å². The second-order valence-corrected chi connectivity index (χ2v) is 8.19. The number of aromatic carboxylic acids is 1. The number of hydrogen-bond acceptors (Lipinski definition) is 4. The maximum atomic E-state index is 13.0. The molecular weight excluding hydrogens is 476 g/mol. The lowest BCUT2D eigenvalue weighted by atomic mass is 10.0. The predicted molar refractivity (Wildman–Crippen MR) is 121 cm³/mol. The zero-order valence-corrected chi connectivity index (χ0v) is 18.4. The van der Waals surface area contributed by atoms with Gasteiger partial charge >= 0.3 is 5.97 Å². The molecule has 1 heterocycles. The minimum Gasteiger partial charge on any atom is -0.478 e. The third-order valence-electron chi connectivity index (χ3n) is 5.31. The number of carbonyl (C=O) groups excluding carboxylic acids is 3. The van der Waals surface area contributed by atoms with E-state index in [4.69, 9.17) is 0 Å². The Morgan fingerprint density at radius 3 is 2.31 bits per heavy atom. The van der Waals surface area contributed by atoms with Gasteiger partial charge in [-0.2, -0.15) is 0 Å². The Labute approximate surface area is 191 Å². The molecule has 0 spiro atoms. The van der Waals surface area contributed by atoms with Gasteiger partial charge in [-0.3, -0.25) is 19.3 Å². The van der Waals surface area contributed by atoms with Crippen LogP contribution in [0, 0.1) is 0 Å². The van der Waals surface area contributed by atoms with Crippen LogP contribution in [0.3, 0.4) is 0 Å². The van der Waals surface area contributed by atoms with Crippen molar-refractivity contribution in [3.8, 4) is 0 Å². The fraction of sp³-hybridized carbons (Fsp3) is 0.0833. The summed E-state index contributed by atoms with van der Waals surface area (Å²) in [6.45, 7) is 1.77. The summed E-state index contributed by atoms with van der Waals surface area (Å²) >= 11 is 3.21. The third-order valence-corrected chi connectivity index (χ3v) is 5.80. The van der Waals surface area contributed by atoms with Crippen molar-refractivity contribution in [1.29, 1.82) is 0 Å². The third kappa shape index (κ3) is 3.80. The molecule has 0 aromatic heterocycles. The van der Waals surface area contributed by atoms with E-state index in [9.17, 15) is 24.3 Å². The fourth-order valence-electron chi connectivity index (χ4n) is 3.63. The van der Waals surface area contributed by atoms with Crippen molar-refractivity contribution in [2.24, 2.45) is 0 Å². The van der Waals surface area contributed by atoms with Crippen molar-refractivity contribution in [1.82, 2.24) is 4.90 Å². The molecule has 1 atom stereocenters. The molecule has 8 heteroatoms. The number of anilines is 1. The van der Waals surface area contributed by atoms with E-state index in [1.165, 1.54) is 35.2 Å². The maximum absolute atomic E-state index is 13.0. The number of carbonyl (C=O) groups is 4. The molecule has 32 heavy (non-hydrogen) atoms. The summed E-state index contributed by atoms with van der Waals surface area (Å²) in [4.78, 5) is 51.3. The van der Waals surface area contributed by atoms with E-state index >= 15 is 0 Å². The molecule has 0 radical (unpaired) electrons. The lowest BCUT2D eigenvalue weighted by molar-refractivity contribution is 0.0593. The molecule has 2 N–H and O–H groups in total. The van der Waals surface area contributed by atoms with Gasteiger partial charge in [-0.25, -0.2) is 4.79 Å². The monoisotopic (exact) mass is 492 g/mol. The van der Waals surface area contributed by atoms with Crippen LogP contribution in [0.25, 0.3) is 0 Å². The van der Waals surface area contributed by atoms with Crippen LogP contribution in [-0.4, -0.2) is 33.7 Å². The number of nitrogens with zero attached hydrogens (tertiary/aromatic N) is 1. The van der Waals surface area contributed by atoms with Crippen LogP contribution in [0.4, 0.5) is 5.69 Å². The van der Waals surface area contributed by atoms with Gasteiger partial charge in [0.05, 0.1) is 28.4 Å². The molecule has 0 saturated heterocycles. The Bertz CT molecular complexity index is 1270. The Balaban J connectivity index is 1.62. The topological polar surface area (TPSA) is 104 Å². The van der Waals surface area contributed by atoms with Crippen LogP contribution in [-0.2, 0) is 0 Å². The molecule has 1 aliphatic rings. The molecule has 1 aliphatic heterocycles. The first-order valence-electron chi connectivity index (χ1n) is 9.69. The molecule has 0 bridgehead atoms. The summed E-state index contributed by atoms with van der Waals surface area (Å²) in [6.07, 6.45) is 0. The molecule has 3 amide bonds. The molecule has 4 rings (SSSR count). The number of halogens is 1. The molecule has 0 aliphatic carbocycles. The Hall–Kier alpha value is -3.78. The minimum absolute atomic E-state index is 0.0806. The van der Waals surface area contributed by atoms with Crippen molar-refractivity contribution >= 4 is 45.3 Å². The van der Waals surface area contributed by atoms with Crippen LogP contribution in [0.15, 0.2) is 71.2 Å². The lowest BCUT2D eigenvalue weighted by Gasteiger charge is -2.22. The average Bonchev–Trinajstić information content (AvgIpc) is 3.04. The van der Waals surface area contributed by atoms with Crippen molar-refractivity contribution in [3.05, 3.63) is 99.0 Å². The number of imide groups is 1. The van der Waals surface area contributed by atoms with Crippen LogP contribution >= 0.6 is 15.9 Å². The highest BCUT2D eigenvalue weighted by molar-refractivity contribution is 9.10. The van der Waals surface area contributed by atoms with Gasteiger partial charge in [0.15, 0.2) is 0 Å². The average molecular weight is 493 g/mol. The van der Waals surface area contributed by atoms with Gasteiger partial charge in [0, 0.05) is 10.0 Å². The van der Waals surface area contributed by atoms with Crippen LogP contribution in [0.5, 0.6) is 0 Å². The smallest absolute Gasteiger partial charge is 0.337 e.